The fraction of sp³-hybridized carbons (Fsp3) is 0.320. The third kappa shape index (κ3) is 4.68. The molecule has 1 fully saturated rings. The van der Waals surface area contributed by atoms with E-state index in [1.807, 2.05) is 43.3 Å². The normalized spacial score (nSPS) is 18.1. The van der Waals surface area contributed by atoms with E-state index in [2.05, 4.69) is 13.8 Å². The number of likely N-dealkylation sites (tertiary alicyclic amines) is 1. The number of hydrogen-bond acceptors (Lipinski definition) is 4. The summed E-state index contributed by atoms with van der Waals surface area (Å²) in [6.45, 7) is 6.18. The van der Waals surface area contributed by atoms with Gasteiger partial charge in [0.2, 0.25) is 0 Å². The number of aliphatic hydroxyl groups is 1. The third-order valence-corrected chi connectivity index (χ3v) is 5.57. The molecule has 0 bridgehead atoms. The van der Waals surface area contributed by atoms with Gasteiger partial charge < -0.3 is 15.1 Å². The van der Waals surface area contributed by atoms with Crippen LogP contribution in [0.1, 0.15) is 60.9 Å². The maximum atomic E-state index is 12.9. The maximum absolute atomic E-state index is 12.9. The molecule has 6 heteroatoms. The van der Waals surface area contributed by atoms with E-state index >= 15 is 0 Å². The number of carboxylic acid groups (broad SMARTS) is 1. The molecule has 6 nitrogen and oxygen atoms in total. The van der Waals surface area contributed by atoms with Gasteiger partial charge in [-0.1, -0.05) is 67.9 Å². The molecule has 0 saturated carbocycles. The molecule has 1 atom stereocenters. The molecule has 0 radical (unpaired) electrons. The fourth-order valence-corrected chi connectivity index (χ4v) is 3.79. The number of aliphatic carboxylic acids is 1. The van der Waals surface area contributed by atoms with Crippen LogP contribution in [-0.2, 0) is 14.4 Å². The first-order chi connectivity index (χ1) is 14.7. The Morgan fingerprint density at radius 3 is 2.16 bits per heavy atom. The summed E-state index contributed by atoms with van der Waals surface area (Å²) in [5.41, 5.74) is 3.31. The van der Waals surface area contributed by atoms with Crippen LogP contribution in [0.4, 0.5) is 0 Å². The summed E-state index contributed by atoms with van der Waals surface area (Å²) in [5, 5.41) is 20.0. The summed E-state index contributed by atoms with van der Waals surface area (Å²) < 4.78 is 0. The number of benzene rings is 2. The lowest BCUT2D eigenvalue weighted by Gasteiger charge is -2.25. The molecule has 162 valence electrons. The molecule has 31 heavy (non-hydrogen) atoms. The Morgan fingerprint density at radius 1 is 1.00 bits per heavy atom. The first-order valence-electron chi connectivity index (χ1n) is 10.4. The topological polar surface area (TPSA) is 94.9 Å². The van der Waals surface area contributed by atoms with Gasteiger partial charge in [-0.15, -0.1) is 0 Å². The molecular weight excluding hydrogens is 394 g/mol. The zero-order valence-electron chi connectivity index (χ0n) is 18.0. The highest BCUT2D eigenvalue weighted by Gasteiger charge is 2.45. The molecule has 1 amide bonds. The largest absolute Gasteiger partial charge is 0.507 e. The molecular formula is C25H27NO5. The van der Waals surface area contributed by atoms with Crippen molar-refractivity contribution >= 4 is 23.4 Å². The lowest BCUT2D eigenvalue weighted by atomic mass is 9.93. The van der Waals surface area contributed by atoms with Gasteiger partial charge in [-0.25, -0.2) is 0 Å². The molecule has 1 heterocycles. The Hall–Kier alpha value is -3.41. The molecule has 0 spiro atoms. The predicted molar refractivity (Wildman–Crippen MR) is 118 cm³/mol. The Bertz CT molecular complexity index is 1020. The number of carboxylic acids is 1. The molecule has 0 aromatic heterocycles. The molecule has 1 aliphatic heterocycles. The van der Waals surface area contributed by atoms with Crippen LogP contribution in [0.25, 0.3) is 5.76 Å². The van der Waals surface area contributed by atoms with Crippen molar-refractivity contribution in [1.82, 2.24) is 4.90 Å². The van der Waals surface area contributed by atoms with Gasteiger partial charge in [0, 0.05) is 18.5 Å². The van der Waals surface area contributed by atoms with Gasteiger partial charge in [0.25, 0.3) is 11.7 Å². The Labute approximate surface area is 181 Å². The van der Waals surface area contributed by atoms with Gasteiger partial charge in [0.05, 0.1) is 11.6 Å². The fourth-order valence-electron chi connectivity index (χ4n) is 3.79. The van der Waals surface area contributed by atoms with Crippen molar-refractivity contribution in [2.75, 3.05) is 6.54 Å². The number of ketones is 1. The van der Waals surface area contributed by atoms with Crippen molar-refractivity contribution in [2.45, 2.75) is 45.6 Å². The lowest BCUT2D eigenvalue weighted by Crippen LogP contribution is -2.31. The smallest absolute Gasteiger partial charge is 0.303 e. The standard InChI is InChI=1S/C25H27NO5/c1-15(2)17-10-12-18(13-11-17)22-21(23(29)19-8-6-16(3)7-9-19)24(30)25(31)26(22)14-4-5-20(27)28/h6-13,15,22,29H,4-5,14H2,1-3H3,(H,27,28)/b23-21+. The predicted octanol–water partition coefficient (Wildman–Crippen LogP) is 4.40. The second-order valence-corrected chi connectivity index (χ2v) is 8.18. The second kappa shape index (κ2) is 9.16. The minimum Gasteiger partial charge on any atom is -0.507 e. The first-order valence-corrected chi connectivity index (χ1v) is 10.4. The molecule has 1 unspecified atom stereocenters. The summed E-state index contributed by atoms with van der Waals surface area (Å²) >= 11 is 0. The number of carbonyl (C=O) groups is 3. The average Bonchev–Trinajstić information content (AvgIpc) is 2.98. The van der Waals surface area contributed by atoms with E-state index in [1.165, 1.54) is 4.90 Å². The number of nitrogens with zero attached hydrogens (tertiary/aromatic N) is 1. The van der Waals surface area contributed by atoms with Gasteiger partial charge in [-0.3, -0.25) is 14.4 Å². The van der Waals surface area contributed by atoms with E-state index in [0.29, 0.717) is 17.0 Å². The summed E-state index contributed by atoms with van der Waals surface area (Å²) in [5.74, 6) is -2.35. The SMILES string of the molecule is Cc1ccc(/C(O)=C2\C(=O)C(=O)N(CCCC(=O)O)C2c2ccc(C(C)C)cc2)cc1. The third-order valence-electron chi connectivity index (χ3n) is 5.57. The minimum atomic E-state index is -0.964. The highest BCUT2D eigenvalue weighted by molar-refractivity contribution is 6.46. The Morgan fingerprint density at radius 2 is 1.61 bits per heavy atom. The molecule has 2 aromatic rings. The first kappa shape index (κ1) is 22.3. The number of hydrogen-bond donors (Lipinski definition) is 2. The highest BCUT2D eigenvalue weighted by atomic mass is 16.4. The molecule has 2 aromatic carbocycles. The van der Waals surface area contributed by atoms with Crippen LogP contribution in [0.2, 0.25) is 0 Å². The van der Waals surface area contributed by atoms with Crippen molar-refractivity contribution in [1.29, 1.82) is 0 Å². The van der Waals surface area contributed by atoms with Gasteiger partial charge >= 0.3 is 5.97 Å². The highest BCUT2D eigenvalue weighted by Crippen LogP contribution is 2.39. The number of rotatable bonds is 7. The number of amides is 1. The van der Waals surface area contributed by atoms with Crippen LogP contribution < -0.4 is 0 Å². The van der Waals surface area contributed by atoms with Crippen LogP contribution in [0.3, 0.4) is 0 Å². The van der Waals surface area contributed by atoms with Crippen LogP contribution in [-0.4, -0.2) is 39.3 Å². The van der Waals surface area contributed by atoms with E-state index < -0.39 is 23.7 Å². The minimum absolute atomic E-state index is 0.0291. The van der Waals surface area contributed by atoms with Crippen molar-refractivity contribution in [2.24, 2.45) is 0 Å². The van der Waals surface area contributed by atoms with Crippen molar-refractivity contribution < 1.29 is 24.6 Å². The summed E-state index contributed by atoms with van der Waals surface area (Å²) in [6.07, 6.45) is 0.105. The monoisotopic (exact) mass is 421 g/mol. The van der Waals surface area contributed by atoms with Crippen LogP contribution in [0.15, 0.2) is 54.1 Å². The van der Waals surface area contributed by atoms with E-state index in [-0.39, 0.29) is 30.7 Å². The second-order valence-electron chi connectivity index (χ2n) is 8.18. The molecule has 1 saturated heterocycles. The summed E-state index contributed by atoms with van der Waals surface area (Å²) in [7, 11) is 0. The molecule has 2 N–H and O–H groups in total. The zero-order chi connectivity index (χ0) is 22.7. The van der Waals surface area contributed by atoms with E-state index in [4.69, 9.17) is 5.11 Å². The molecule has 0 aliphatic carbocycles. The quantitative estimate of drug-likeness (QED) is 0.392. The zero-order valence-corrected chi connectivity index (χ0v) is 18.0. The number of aliphatic hydroxyl groups excluding tert-OH is 1. The Kier molecular flexibility index (Phi) is 6.59. The van der Waals surface area contributed by atoms with Crippen LogP contribution in [0.5, 0.6) is 0 Å². The maximum Gasteiger partial charge on any atom is 0.303 e. The Balaban J connectivity index is 2.09. The van der Waals surface area contributed by atoms with Crippen molar-refractivity contribution in [3.63, 3.8) is 0 Å². The average molecular weight is 421 g/mol. The van der Waals surface area contributed by atoms with Gasteiger partial charge in [-0.05, 0) is 30.4 Å². The van der Waals surface area contributed by atoms with E-state index in [1.54, 1.807) is 12.1 Å². The number of carbonyl (C=O) groups excluding carboxylic acids is 2. The molecule has 3 rings (SSSR count). The number of aryl methyl sites for hydroxylation is 1. The van der Waals surface area contributed by atoms with E-state index in [0.717, 1.165) is 11.1 Å². The molecule has 1 aliphatic rings. The van der Waals surface area contributed by atoms with Gasteiger partial charge in [0.15, 0.2) is 0 Å². The van der Waals surface area contributed by atoms with Crippen molar-refractivity contribution in [3.05, 3.63) is 76.4 Å². The van der Waals surface area contributed by atoms with Crippen LogP contribution >= 0.6 is 0 Å². The van der Waals surface area contributed by atoms with Gasteiger partial charge in [0.1, 0.15) is 5.76 Å². The van der Waals surface area contributed by atoms with Crippen LogP contribution in [0, 0.1) is 6.92 Å². The van der Waals surface area contributed by atoms with E-state index in [9.17, 15) is 19.5 Å². The lowest BCUT2D eigenvalue weighted by molar-refractivity contribution is -0.140. The van der Waals surface area contributed by atoms with Gasteiger partial charge in [-0.2, -0.15) is 0 Å². The number of Topliss-reactive ketones (excluding diaryl/α,β-unsaturated/α-hetero) is 1. The van der Waals surface area contributed by atoms with Crippen molar-refractivity contribution in [3.8, 4) is 0 Å². The summed E-state index contributed by atoms with van der Waals surface area (Å²) in [6, 6.07) is 13.9. The summed E-state index contributed by atoms with van der Waals surface area (Å²) in [4.78, 5) is 38.1.